The zero-order valence-electron chi connectivity index (χ0n) is 12.2. The van der Waals surface area contributed by atoms with Gasteiger partial charge in [-0.3, -0.25) is 0 Å². The van der Waals surface area contributed by atoms with E-state index in [1.165, 1.54) is 0 Å². The molecule has 1 heterocycles. The molecule has 108 valence electrons. The van der Waals surface area contributed by atoms with Crippen LogP contribution in [0.5, 0.6) is 0 Å². The fourth-order valence-corrected chi connectivity index (χ4v) is 2.81. The summed E-state index contributed by atoms with van der Waals surface area (Å²) in [6, 6.07) is 11.5. The molecule has 0 radical (unpaired) electrons. The van der Waals surface area contributed by atoms with Crippen LogP contribution in [0.25, 0.3) is 42.7 Å². The van der Waals surface area contributed by atoms with Crippen molar-refractivity contribution in [2.75, 3.05) is 0 Å². The third-order valence-corrected chi connectivity index (χ3v) is 3.61. The maximum absolute atomic E-state index is 8.61. The van der Waals surface area contributed by atoms with E-state index in [0.29, 0.717) is 11.4 Å². The molecule has 0 spiro atoms. The van der Waals surface area contributed by atoms with Crippen LogP contribution in [0.3, 0.4) is 0 Å². The Kier molecular flexibility index (Phi) is 3.35. The molecule has 1 aromatic heterocycles. The van der Waals surface area contributed by atoms with Gasteiger partial charge >= 0.3 is 0 Å². The summed E-state index contributed by atoms with van der Waals surface area (Å²) in [5, 5.41) is 9.50. The highest BCUT2D eigenvalue weighted by Gasteiger charge is 2.13. The number of hydrogen-bond acceptors (Lipinski definition) is 2. The molecule has 0 fully saturated rings. The van der Waals surface area contributed by atoms with E-state index < -0.39 is 0 Å². The van der Waals surface area contributed by atoms with Crippen molar-refractivity contribution in [1.82, 2.24) is 4.57 Å². The number of azide groups is 2. The van der Waals surface area contributed by atoms with Crippen molar-refractivity contribution in [3.05, 3.63) is 57.3 Å². The van der Waals surface area contributed by atoms with Crippen LogP contribution < -0.4 is 0 Å². The average Bonchev–Trinajstić information content (AvgIpc) is 2.80. The maximum Gasteiger partial charge on any atom is 0.0498 e. The van der Waals surface area contributed by atoms with Crippen LogP contribution >= 0.6 is 0 Å². The summed E-state index contributed by atoms with van der Waals surface area (Å²) in [5.74, 6) is 0. The summed E-state index contributed by atoms with van der Waals surface area (Å²) in [6.45, 7) is 4.17. The van der Waals surface area contributed by atoms with E-state index in [0.717, 1.165) is 21.8 Å². The van der Waals surface area contributed by atoms with Gasteiger partial charge in [0.1, 0.15) is 0 Å². The second-order valence-electron chi connectivity index (χ2n) is 5.25. The van der Waals surface area contributed by atoms with E-state index in [1.807, 2.05) is 24.3 Å². The predicted molar refractivity (Wildman–Crippen MR) is 87.4 cm³/mol. The number of nitrogens with zero attached hydrogens (tertiary/aromatic N) is 7. The molecule has 22 heavy (non-hydrogen) atoms. The molecule has 7 nitrogen and oxygen atoms in total. The number of hydrogen-bond donors (Lipinski definition) is 0. The minimum atomic E-state index is 0.211. The highest BCUT2D eigenvalue weighted by molar-refractivity contribution is 6.09. The smallest absolute Gasteiger partial charge is 0.0498 e. The topological polar surface area (TPSA) is 102 Å². The van der Waals surface area contributed by atoms with E-state index in [4.69, 9.17) is 11.1 Å². The van der Waals surface area contributed by atoms with Crippen molar-refractivity contribution in [2.24, 2.45) is 10.2 Å². The molecule has 0 N–H and O–H groups in total. The van der Waals surface area contributed by atoms with Gasteiger partial charge in [0.15, 0.2) is 0 Å². The van der Waals surface area contributed by atoms with Crippen molar-refractivity contribution >= 4 is 33.2 Å². The Balaban J connectivity index is 2.45. The standard InChI is InChI=1S/C15H13N7/c1-9(2)22-14-7-10(18-20-16)3-5-12(14)13-6-4-11(19-21-17)8-15(13)22/h3-9H,1-2H3. The lowest BCUT2D eigenvalue weighted by Gasteiger charge is -2.11. The highest BCUT2D eigenvalue weighted by Crippen LogP contribution is 2.35. The molecule has 3 aromatic rings. The Morgan fingerprint density at radius 3 is 1.68 bits per heavy atom. The van der Waals surface area contributed by atoms with Gasteiger partial charge < -0.3 is 4.57 Å². The van der Waals surface area contributed by atoms with Gasteiger partial charge in [0.25, 0.3) is 0 Å². The monoisotopic (exact) mass is 291 g/mol. The first-order chi connectivity index (χ1) is 10.7. The Morgan fingerprint density at radius 2 is 1.32 bits per heavy atom. The van der Waals surface area contributed by atoms with Crippen LogP contribution in [0.2, 0.25) is 0 Å². The summed E-state index contributed by atoms with van der Waals surface area (Å²) >= 11 is 0. The summed E-state index contributed by atoms with van der Waals surface area (Å²) in [5.41, 5.74) is 20.4. The summed E-state index contributed by atoms with van der Waals surface area (Å²) < 4.78 is 2.15. The van der Waals surface area contributed by atoms with Gasteiger partial charge in [-0.05, 0) is 37.0 Å². The normalized spacial score (nSPS) is 10.7. The molecular weight excluding hydrogens is 278 g/mol. The van der Waals surface area contributed by atoms with Gasteiger partial charge in [-0.15, -0.1) is 0 Å². The molecule has 0 atom stereocenters. The van der Waals surface area contributed by atoms with Crippen LogP contribution in [0.15, 0.2) is 46.6 Å². The molecule has 0 saturated carbocycles. The zero-order chi connectivity index (χ0) is 15.7. The van der Waals surface area contributed by atoms with E-state index in [1.54, 1.807) is 12.1 Å². The largest absolute Gasteiger partial charge is 0.338 e. The SMILES string of the molecule is CC(C)n1c2cc(N=[N+]=[N-])ccc2c2ccc(N=[N+]=[N-])cc21. The second-order valence-corrected chi connectivity index (χ2v) is 5.25. The fourth-order valence-electron chi connectivity index (χ4n) is 2.81. The summed E-state index contributed by atoms with van der Waals surface area (Å²) in [7, 11) is 0. The van der Waals surface area contributed by atoms with Crippen LogP contribution in [-0.4, -0.2) is 4.57 Å². The number of fused-ring (bicyclic) bond motifs is 3. The van der Waals surface area contributed by atoms with E-state index in [-0.39, 0.29) is 6.04 Å². The van der Waals surface area contributed by atoms with Gasteiger partial charge in [0, 0.05) is 49.0 Å². The molecule has 0 aliphatic heterocycles. The third-order valence-electron chi connectivity index (χ3n) is 3.61. The lowest BCUT2D eigenvalue weighted by molar-refractivity contribution is 0.642. The molecule has 0 aliphatic rings. The Morgan fingerprint density at radius 1 is 0.864 bits per heavy atom. The molecule has 0 bridgehead atoms. The van der Waals surface area contributed by atoms with Crippen LogP contribution in [0.4, 0.5) is 11.4 Å². The predicted octanol–water partition coefficient (Wildman–Crippen LogP) is 6.26. The highest BCUT2D eigenvalue weighted by atomic mass is 15.1. The van der Waals surface area contributed by atoms with Gasteiger partial charge in [-0.2, -0.15) is 0 Å². The molecule has 0 unspecified atom stereocenters. The van der Waals surface area contributed by atoms with Crippen molar-refractivity contribution < 1.29 is 0 Å². The summed E-state index contributed by atoms with van der Waals surface area (Å²) in [4.78, 5) is 5.68. The van der Waals surface area contributed by atoms with E-state index >= 15 is 0 Å². The van der Waals surface area contributed by atoms with Crippen LogP contribution in [-0.2, 0) is 0 Å². The lowest BCUT2D eigenvalue weighted by Crippen LogP contribution is -1.99. The molecule has 2 aromatic carbocycles. The minimum Gasteiger partial charge on any atom is -0.338 e. The zero-order valence-corrected chi connectivity index (χ0v) is 12.2. The van der Waals surface area contributed by atoms with Crippen molar-refractivity contribution in [2.45, 2.75) is 19.9 Å². The Hall–Kier alpha value is -3.14. The lowest BCUT2D eigenvalue weighted by atomic mass is 10.1. The van der Waals surface area contributed by atoms with E-state index in [9.17, 15) is 0 Å². The van der Waals surface area contributed by atoms with Crippen LogP contribution in [0, 0.1) is 0 Å². The molecule has 0 amide bonds. The number of benzene rings is 2. The third kappa shape index (κ3) is 2.11. The Labute approximate surface area is 126 Å². The molecule has 7 heteroatoms. The first-order valence-electron chi connectivity index (χ1n) is 6.83. The minimum absolute atomic E-state index is 0.211. The van der Waals surface area contributed by atoms with Crippen molar-refractivity contribution in [3.63, 3.8) is 0 Å². The van der Waals surface area contributed by atoms with E-state index in [2.05, 4.69) is 38.5 Å². The first-order valence-corrected chi connectivity index (χ1v) is 6.83. The van der Waals surface area contributed by atoms with Crippen molar-refractivity contribution in [1.29, 1.82) is 0 Å². The molecule has 0 saturated heterocycles. The quantitative estimate of drug-likeness (QED) is 0.309. The Bertz CT molecular complexity index is 895. The average molecular weight is 291 g/mol. The fraction of sp³-hybridized carbons (Fsp3) is 0.200. The van der Waals surface area contributed by atoms with Gasteiger partial charge in [-0.1, -0.05) is 34.5 Å². The van der Waals surface area contributed by atoms with Gasteiger partial charge in [-0.25, -0.2) is 0 Å². The van der Waals surface area contributed by atoms with Gasteiger partial charge in [0.05, 0.1) is 0 Å². The molecule has 3 rings (SSSR count). The second kappa shape index (κ2) is 5.33. The molecular formula is C15H13N7. The van der Waals surface area contributed by atoms with Crippen LogP contribution in [0.1, 0.15) is 19.9 Å². The summed E-state index contributed by atoms with van der Waals surface area (Å²) in [6.07, 6.45) is 0. The molecule has 0 aliphatic carbocycles. The van der Waals surface area contributed by atoms with Crippen molar-refractivity contribution in [3.8, 4) is 0 Å². The number of rotatable bonds is 3. The maximum atomic E-state index is 8.61. The first kappa shape index (κ1) is 13.8. The number of aromatic nitrogens is 1. The van der Waals surface area contributed by atoms with Gasteiger partial charge in [0.2, 0.25) is 0 Å².